The number of halogens is 2. The summed E-state index contributed by atoms with van der Waals surface area (Å²) >= 11 is 13.8. The van der Waals surface area contributed by atoms with Crippen LogP contribution in [0.25, 0.3) is 0 Å². The molecule has 7 heteroatoms. The largest absolute Gasteiger partial charge is 0.352 e. The molecule has 4 nitrogen and oxygen atoms in total. The molecular formula is C23H28Cl2N2O2S. The number of benzene rings is 2. The van der Waals surface area contributed by atoms with Gasteiger partial charge in [0.15, 0.2) is 0 Å². The molecule has 2 aromatic carbocycles. The van der Waals surface area contributed by atoms with Crippen LogP contribution in [0.2, 0.25) is 10.0 Å². The van der Waals surface area contributed by atoms with E-state index in [0.717, 1.165) is 11.3 Å². The van der Waals surface area contributed by atoms with E-state index >= 15 is 0 Å². The van der Waals surface area contributed by atoms with E-state index in [1.54, 1.807) is 35.7 Å². The first-order valence-electron chi connectivity index (χ1n) is 9.93. The van der Waals surface area contributed by atoms with E-state index in [4.69, 9.17) is 23.2 Å². The van der Waals surface area contributed by atoms with Crippen LogP contribution in [0.3, 0.4) is 0 Å². The van der Waals surface area contributed by atoms with E-state index < -0.39 is 6.04 Å². The molecule has 0 saturated carbocycles. The van der Waals surface area contributed by atoms with Gasteiger partial charge in [-0.15, -0.1) is 0 Å². The Kier molecular flexibility index (Phi) is 10.0. The summed E-state index contributed by atoms with van der Waals surface area (Å²) in [6.07, 6.45) is 0.359. The topological polar surface area (TPSA) is 49.4 Å². The third kappa shape index (κ3) is 7.86. The fourth-order valence-electron chi connectivity index (χ4n) is 2.89. The first kappa shape index (κ1) is 24.6. The fraction of sp³-hybridized carbons (Fsp3) is 0.391. The smallest absolute Gasteiger partial charge is 0.242 e. The Morgan fingerprint density at radius 1 is 1.00 bits per heavy atom. The molecule has 0 heterocycles. The van der Waals surface area contributed by atoms with Crippen molar-refractivity contribution in [3.63, 3.8) is 0 Å². The highest BCUT2D eigenvalue weighted by molar-refractivity contribution is 7.98. The minimum absolute atomic E-state index is 0.00306. The van der Waals surface area contributed by atoms with Crippen LogP contribution in [0.5, 0.6) is 0 Å². The van der Waals surface area contributed by atoms with Crippen LogP contribution in [0.4, 0.5) is 0 Å². The molecule has 0 radical (unpaired) electrons. The quantitative estimate of drug-likeness (QED) is 0.466. The van der Waals surface area contributed by atoms with Gasteiger partial charge in [0.1, 0.15) is 6.04 Å². The number of hydrogen-bond donors (Lipinski definition) is 1. The normalized spacial score (nSPS) is 11.9. The molecular weight excluding hydrogens is 439 g/mol. The molecule has 0 aromatic heterocycles. The predicted molar refractivity (Wildman–Crippen MR) is 127 cm³/mol. The molecule has 0 bridgehead atoms. The summed E-state index contributed by atoms with van der Waals surface area (Å²) in [6.45, 7) is 5.85. The Morgan fingerprint density at radius 2 is 1.70 bits per heavy atom. The molecule has 2 amide bonds. The lowest BCUT2D eigenvalue weighted by Crippen LogP contribution is -2.49. The van der Waals surface area contributed by atoms with Crippen LogP contribution in [0, 0.1) is 0 Å². The van der Waals surface area contributed by atoms with Crippen molar-refractivity contribution in [2.24, 2.45) is 0 Å². The van der Waals surface area contributed by atoms with Crippen molar-refractivity contribution in [1.82, 2.24) is 10.2 Å². The van der Waals surface area contributed by atoms with Crippen molar-refractivity contribution in [2.75, 3.05) is 5.75 Å². The van der Waals surface area contributed by atoms with Crippen LogP contribution in [-0.4, -0.2) is 34.6 Å². The zero-order chi connectivity index (χ0) is 22.1. The lowest BCUT2D eigenvalue weighted by Gasteiger charge is -2.29. The Hall–Kier alpha value is -1.69. The summed E-state index contributed by atoms with van der Waals surface area (Å²) in [5.41, 5.74) is 2.06. The number of nitrogens with zero attached hydrogens (tertiary/aromatic N) is 1. The molecule has 30 heavy (non-hydrogen) atoms. The Bertz CT molecular complexity index is 846. The van der Waals surface area contributed by atoms with Crippen LogP contribution in [0.15, 0.2) is 48.5 Å². The highest BCUT2D eigenvalue weighted by Gasteiger charge is 2.26. The number of amides is 2. The van der Waals surface area contributed by atoms with Crippen LogP contribution in [-0.2, 0) is 21.9 Å². The molecule has 0 spiro atoms. The Labute approximate surface area is 193 Å². The van der Waals surface area contributed by atoms with E-state index in [-0.39, 0.29) is 17.9 Å². The molecule has 2 aromatic rings. The third-order valence-electron chi connectivity index (χ3n) is 4.51. The molecule has 1 N–H and O–H groups in total. The van der Waals surface area contributed by atoms with Gasteiger partial charge in [0.25, 0.3) is 0 Å². The average molecular weight is 467 g/mol. The van der Waals surface area contributed by atoms with Gasteiger partial charge in [-0.05, 0) is 44.0 Å². The van der Waals surface area contributed by atoms with Crippen molar-refractivity contribution in [2.45, 2.75) is 51.6 Å². The highest BCUT2D eigenvalue weighted by Crippen LogP contribution is 2.24. The van der Waals surface area contributed by atoms with Gasteiger partial charge in [0.05, 0.1) is 10.0 Å². The summed E-state index contributed by atoms with van der Waals surface area (Å²) in [5.74, 6) is 1.30. The minimum atomic E-state index is -0.589. The van der Waals surface area contributed by atoms with Crippen LogP contribution in [0.1, 0.15) is 38.3 Å². The van der Waals surface area contributed by atoms with E-state index in [1.165, 1.54) is 5.56 Å². The summed E-state index contributed by atoms with van der Waals surface area (Å²) < 4.78 is 0. The fourth-order valence-corrected chi connectivity index (χ4v) is 4.10. The Morgan fingerprint density at radius 3 is 2.33 bits per heavy atom. The number of carbonyl (C=O) groups excluding carboxylic acids is 2. The van der Waals surface area contributed by atoms with Gasteiger partial charge in [-0.2, -0.15) is 11.8 Å². The lowest BCUT2D eigenvalue weighted by atomic mass is 10.1. The van der Waals surface area contributed by atoms with E-state index in [1.807, 2.05) is 38.1 Å². The van der Waals surface area contributed by atoms with E-state index in [2.05, 4.69) is 17.4 Å². The van der Waals surface area contributed by atoms with Crippen molar-refractivity contribution >= 4 is 46.8 Å². The van der Waals surface area contributed by atoms with Gasteiger partial charge in [-0.1, -0.05) is 59.6 Å². The second-order valence-corrected chi connectivity index (χ2v) is 9.32. The van der Waals surface area contributed by atoms with Crippen molar-refractivity contribution in [1.29, 1.82) is 0 Å². The van der Waals surface area contributed by atoms with Gasteiger partial charge in [-0.25, -0.2) is 0 Å². The second-order valence-electron chi connectivity index (χ2n) is 7.40. The van der Waals surface area contributed by atoms with Gasteiger partial charge in [0.2, 0.25) is 11.8 Å². The van der Waals surface area contributed by atoms with Crippen molar-refractivity contribution in [3.05, 3.63) is 69.7 Å². The standard InChI is InChI=1S/C23H28Cl2N2O2S/c1-16(2)26-23(29)17(3)27(14-19-9-10-20(24)21(25)13-19)22(28)11-12-30-15-18-7-5-4-6-8-18/h4-10,13,16-17H,11-12,14-15H2,1-3H3,(H,26,29)/t17-/m0/s1. The first-order chi connectivity index (χ1) is 14.3. The molecule has 1 atom stereocenters. The maximum atomic E-state index is 13.0. The van der Waals surface area contributed by atoms with Gasteiger partial charge in [-0.3, -0.25) is 9.59 Å². The molecule has 0 aliphatic carbocycles. The summed E-state index contributed by atoms with van der Waals surface area (Å²) in [5, 5.41) is 3.78. The number of hydrogen-bond acceptors (Lipinski definition) is 3. The Balaban J connectivity index is 2.03. The zero-order valence-corrected chi connectivity index (χ0v) is 19.9. The minimum Gasteiger partial charge on any atom is -0.352 e. The summed E-state index contributed by atoms with van der Waals surface area (Å²) in [4.78, 5) is 27.2. The van der Waals surface area contributed by atoms with Gasteiger partial charge in [0, 0.05) is 30.5 Å². The highest BCUT2D eigenvalue weighted by atomic mass is 35.5. The van der Waals surface area contributed by atoms with Crippen LogP contribution < -0.4 is 5.32 Å². The monoisotopic (exact) mass is 466 g/mol. The third-order valence-corrected chi connectivity index (χ3v) is 6.28. The average Bonchev–Trinajstić information content (AvgIpc) is 2.71. The maximum Gasteiger partial charge on any atom is 0.242 e. The van der Waals surface area contributed by atoms with Crippen molar-refractivity contribution in [3.8, 4) is 0 Å². The first-order valence-corrected chi connectivity index (χ1v) is 11.8. The SMILES string of the molecule is CC(C)NC(=O)[C@H](C)N(Cc1ccc(Cl)c(Cl)c1)C(=O)CCSCc1ccccc1. The molecule has 0 aliphatic heterocycles. The maximum absolute atomic E-state index is 13.0. The lowest BCUT2D eigenvalue weighted by molar-refractivity contribution is -0.140. The zero-order valence-electron chi connectivity index (χ0n) is 17.5. The molecule has 0 fully saturated rings. The van der Waals surface area contributed by atoms with Crippen LogP contribution >= 0.6 is 35.0 Å². The van der Waals surface area contributed by atoms with Crippen molar-refractivity contribution < 1.29 is 9.59 Å². The van der Waals surface area contributed by atoms with Gasteiger partial charge >= 0.3 is 0 Å². The number of thioether (sulfide) groups is 1. The van der Waals surface area contributed by atoms with E-state index in [0.29, 0.717) is 28.8 Å². The van der Waals surface area contributed by atoms with E-state index in [9.17, 15) is 9.59 Å². The molecule has 0 saturated heterocycles. The molecule has 2 rings (SSSR count). The second kappa shape index (κ2) is 12.2. The summed E-state index contributed by atoms with van der Waals surface area (Å²) in [6, 6.07) is 14.8. The predicted octanol–water partition coefficient (Wildman–Crippen LogP) is 5.56. The number of nitrogens with one attached hydrogen (secondary N) is 1. The molecule has 162 valence electrons. The summed E-state index contributed by atoms with van der Waals surface area (Å²) in [7, 11) is 0. The number of rotatable bonds is 10. The molecule has 0 unspecified atom stereocenters. The van der Waals surface area contributed by atoms with Gasteiger partial charge < -0.3 is 10.2 Å². The molecule has 0 aliphatic rings. The number of carbonyl (C=O) groups is 2.